The van der Waals surface area contributed by atoms with Gasteiger partial charge in [0.25, 0.3) is 0 Å². The molecule has 0 bridgehead atoms. The van der Waals surface area contributed by atoms with Gasteiger partial charge in [0, 0.05) is 0 Å². The minimum Gasteiger partial charge on any atom is -0.493 e. The van der Waals surface area contributed by atoms with Gasteiger partial charge in [-0.15, -0.1) is 0 Å². The van der Waals surface area contributed by atoms with Crippen LogP contribution in [0.5, 0.6) is 0 Å². The topological polar surface area (TPSA) is 35.2 Å². The molecule has 2 nitrogen and oxygen atoms in total. The van der Waals surface area contributed by atoms with Gasteiger partial charge in [-0.05, 0) is 31.4 Å². The van der Waals surface area contributed by atoms with Crippen molar-refractivity contribution in [1.29, 1.82) is 0 Å². The third-order valence-electron chi connectivity index (χ3n) is 2.40. The van der Waals surface area contributed by atoms with Crippen LogP contribution in [0.25, 0.3) is 0 Å². The quantitative estimate of drug-likeness (QED) is 0.613. The Morgan fingerprint density at radius 3 is 3.00 bits per heavy atom. The lowest BCUT2D eigenvalue weighted by molar-refractivity contribution is 0.201. The summed E-state index contributed by atoms with van der Waals surface area (Å²) in [5, 5.41) is 0. The first-order chi connectivity index (χ1) is 6.17. The van der Waals surface area contributed by atoms with Gasteiger partial charge in [-0.25, -0.2) is 0 Å². The molecule has 1 aliphatic heterocycles. The van der Waals surface area contributed by atoms with Crippen molar-refractivity contribution in [2.24, 2.45) is 5.73 Å². The van der Waals surface area contributed by atoms with E-state index in [0.29, 0.717) is 0 Å². The fraction of sp³-hybridized carbons (Fsp3) is 0.455. The van der Waals surface area contributed by atoms with Crippen LogP contribution in [0, 0.1) is 0 Å². The van der Waals surface area contributed by atoms with Gasteiger partial charge in [-0.2, -0.15) is 0 Å². The van der Waals surface area contributed by atoms with Crippen molar-refractivity contribution in [3.05, 3.63) is 35.6 Å². The van der Waals surface area contributed by atoms with E-state index in [9.17, 15) is 0 Å². The Kier molecular flexibility index (Phi) is 2.00. The summed E-state index contributed by atoms with van der Waals surface area (Å²) in [6.45, 7) is 2.82. The number of hydrogen-bond donors (Lipinski definition) is 1. The molecule has 1 aliphatic carbocycles. The average Bonchev–Trinajstić information content (AvgIpc) is 2.27. The standard InChI is InChI=1S/C11H15NO/c1-11(12)6-4-9-3-2-8-13-10(9)5-7-11/h4-7H,2-3,8,12H2,1H3. The van der Waals surface area contributed by atoms with Crippen LogP contribution in [0.15, 0.2) is 35.6 Å². The van der Waals surface area contributed by atoms with E-state index >= 15 is 0 Å². The van der Waals surface area contributed by atoms with Crippen LogP contribution in [-0.2, 0) is 4.74 Å². The van der Waals surface area contributed by atoms with Crippen molar-refractivity contribution in [3.63, 3.8) is 0 Å². The molecule has 0 spiro atoms. The fourth-order valence-corrected chi connectivity index (χ4v) is 1.57. The lowest BCUT2D eigenvalue weighted by Gasteiger charge is -2.16. The summed E-state index contributed by atoms with van der Waals surface area (Å²) in [6, 6.07) is 0. The van der Waals surface area contributed by atoms with Crippen molar-refractivity contribution in [2.75, 3.05) is 6.61 Å². The molecular weight excluding hydrogens is 162 g/mol. The van der Waals surface area contributed by atoms with E-state index in [1.54, 1.807) is 0 Å². The van der Waals surface area contributed by atoms with Crippen LogP contribution in [-0.4, -0.2) is 12.1 Å². The van der Waals surface area contributed by atoms with Gasteiger partial charge in [0.2, 0.25) is 0 Å². The number of hydrogen-bond acceptors (Lipinski definition) is 2. The zero-order chi connectivity index (χ0) is 9.31. The first-order valence-electron chi connectivity index (χ1n) is 4.71. The molecule has 2 N–H and O–H groups in total. The number of allylic oxidation sites excluding steroid dienone is 3. The molecule has 0 aromatic rings. The molecule has 2 aliphatic rings. The molecule has 13 heavy (non-hydrogen) atoms. The summed E-state index contributed by atoms with van der Waals surface area (Å²) in [5.41, 5.74) is 6.92. The van der Waals surface area contributed by atoms with E-state index in [4.69, 9.17) is 10.5 Å². The lowest BCUT2D eigenvalue weighted by Crippen LogP contribution is -2.30. The second-order valence-electron chi connectivity index (χ2n) is 3.87. The number of rotatable bonds is 0. The van der Waals surface area contributed by atoms with Crippen LogP contribution in [0.2, 0.25) is 0 Å². The van der Waals surface area contributed by atoms with Crippen LogP contribution >= 0.6 is 0 Å². The van der Waals surface area contributed by atoms with Gasteiger partial charge >= 0.3 is 0 Å². The van der Waals surface area contributed by atoms with E-state index < -0.39 is 0 Å². The lowest BCUT2D eigenvalue weighted by atomic mass is 10.0. The maximum Gasteiger partial charge on any atom is 0.122 e. The molecule has 1 heterocycles. The minimum atomic E-state index is -0.333. The van der Waals surface area contributed by atoms with E-state index in [1.165, 1.54) is 5.57 Å². The Bertz CT molecular complexity index is 269. The molecule has 1 atom stereocenters. The maximum atomic E-state index is 5.98. The molecule has 0 amide bonds. The largest absolute Gasteiger partial charge is 0.493 e. The van der Waals surface area contributed by atoms with Gasteiger partial charge in [-0.1, -0.05) is 18.2 Å². The summed E-state index contributed by atoms with van der Waals surface area (Å²) in [5.74, 6) is 0.997. The van der Waals surface area contributed by atoms with E-state index in [1.807, 2.05) is 25.2 Å². The highest BCUT2D eigenvalue weighted by atomic mass is 16.5. The Morgan fingerprint density at radius 2 is 2.15 bits per heavy atom. The first kappa shape index (κ1) is 8.57. The fourth-order valence-electron chi connectivity index (χ4n) is 1.57. The molecule has 1 unspecified atom stereocenters. The molecule has 2 rings (SSSR count). The zero-order valence-corrected chi connectivity index (χ0v) is 7.92. The second-order valence-corrected chi connectivity index (χ2v) is 3.87. The smallest absolute Gasteiger partial charge is 0.122 e. The summed E-state index contributed by atoms with van der Waals surface area (Å²) in [6.07, 6.45) is 10.3. The Hall–Kier alpha value is -1.02. The Morgan fingerprint density at radius 1 is 1.38 bits per heavy atom. The predicted octanol–water partition coefficient (Wildman–Crippen LogP) is 1.89. The maximum absolute atomic E-state index is 5.98. The highest BCUT2D eigenvalue weighted by molar-refractivity contribution is 5.38. The molecule has 70 valence electrons. The Balaban J connectivity index is 2.32. The SMILES string of the molecule is CC1(N)C=CC2=C(C=C1)OCCC2. The summed E-state index contributed by atoms with van der Waals surface area (Å²) in [4.78, 5) is 0. The van der Waals surface area contributed by atoms with Crippen molar-refractivity contribution < 1.29 is 4.74 Å². The third-order valence-corrected chi connectivity index (χ3v) is 2.40. The molecule has 0 saturated carbocycles. The molecule has 0 aromatic heterocycles. The van der Waals surface area contributed by atoms with Gasteiger partial charge in [0.05, 0.1) is 12.1 Å². The highest BCUT2D eigenvalue weighted by Crippen LogP contribution is 2.25. The summed E-state index contributed by atoms with van der Waals surface area (Å²) >= 11 is 0. The van der Waals surface area contributed by atoms with Crippen molar-refractivity contribution >= 4 is 0 Å². The van der Waals surface area contributed by atoms with Gasteiger partial charge in [0.15, 0.2) is 0 Å². The summed E-state index contributed by atoms with van der Waals surface area (Å²) in [7, 11) is 0. The average molecular weight is 177 g/mol. The summed E-state index contributed by atoms with van der Waals surface area (Å²) < 4.78 is 5.54. The zero-order valence-electron chi connectivity index (χ0n) is 7.92. The molecule has 0 saturated heterocycles. The normalized spacial score (nSPS) is 32.5. The van der Waals surface area contributed by atoms with Crippen LogP contribution in [0.4, 0.5) is 0 Å². The van der Waals surface area contributed by atoms with Gasteiger partial charge < -0.3 is 10.5 Å². The Labute approximate surface area is 78.8 Å². The van der Waals surface area contributed by atoms with Crippen molar-refractivity contribution in [3.8, 4) is 0 Å². The monoisotopic (exact) mass is 177 g/mol. The van der Waals surface area contributed by atoms with Gasteiger partial charge in [-0.3, -0.25) is 0 Å². The number of nitrogens with two attached hydrogens (primary N) is 1. The molecular formula is C11H15NO. The van der Waals surface area contributed by atoms with Crippen LogP contribution < -0.4 is 5.73 Å². The van der Waals surface area contributed by atoms with E-state index in [-0.39, 0.29) is 5.54 Å². The van der Waals surface area contributed by atoms with Crippen molar-refractivity contribution in [1.82, 2.24) is 0 Å². The minimum absolute atomic E-state index is 0.333. The van der Waals surface area contributed by atoms with E-state index in [0.717, 1.165) is 25.2 Å². The van der Waals surface area contributed by atoms with Gasteiger partial charge in [0.1, 0.15) is 5.76 Å². The van der Waals surface area contributed by atoms with Crippen LogP contribution in [0.3, 0.4) is 0 Å². The first-order valence-corrected chi connectivity index (χ1v) is 4.71. The number of ether oxygens (including phenoxy) is 1. The van der Waals surface area contributed by atoms with Crippen LogP contribution in [0.1, 0.15) is 19.8 Å². The van der Waals surface area contributed by atoms with Crippen molar-refractivity contribution in [2.45, 2.75) is 25.3 Å². The highest BCUT2D eigenvalue weighted by Gasteiger charge is 2.17. The molecule has 0 fully saturated rings. The predicted molar refractivity (Wildman–Crippen MR) is 53.1 cm³/mol. The molecule has 0 aromatic carbocycles. The second kappa shape index (κ2) is 3.04. The molecule has 2 heteroatoms. The third kappa shape index (κ3) is 1.83. The molecule has 0 radical (unpaired) electrons. The van der Waals surface area contributed by atoms with E-state index in [2.05, 4.69) is 6.08 Å².